The first-order chi connectivity index (χ1) is 14.5. The summed E-state index contributed by atoms with van der Waals surface area (Å²) in [6.45, 7) is 2.01. The molecule has 0 saturated carbocycles. The van der Waals surface area contributed by atoms with Crippen LogP contribution in [-0.2, 0) is 30.7 Å². The molecular weight excluding hydrogens is 394 g/mol. The maximum Gasteiger partial charge on any atom is 0.228 e. The lowest BCUT2D eigenvalue weighted by molar-refractivity contribution is -0.131. The summed E-state index contributed by atoms with van der Waals surface area (Å²) < 4.78 is 0. The van der Waals surface area contributed by atoms with Gasteiger partial charge in [-0.15, -0.1) is 11.3 Å². The van der Waals surface area contributed by atoms with Crippen LogP contribution < -0.4 is 9.80 Å². The summed E-state index contributed by atoms with van der Waals surface area (Å²) in [4.78, 5) is 29.7. The summed E-state index contributed by atoms with van der Waals surface area (Å²) in [7, 11) is 6.01. The smallest absolute Gasteiger partial charge is 0.228 e. The van der Waals surface area contributed by atoms with Gasteiger partial charge in [0.2, 0.25) is 11.9 Å². The Labute approximate surface area is 181 Å². The van der Waals surface area contributed by atoms with Crippen LogP contribution in [0.3, 0.4) is 0 Å². The monoisotopic (exact) mass is 421 g/mol. The minimum atomic E-state index is 0.165. The quantitative estimate of drug-likeness (QED) is 0.611. The highest BCUT2D eigenvalue weighted by atomic mass is 32.1. The van der Waals surface area contributed by atoms with E-state index in [0.717, 1.165) is 40.9 Å². The zero-order valence-corrected chi connectivity index (χ0v) is 18.5. The van der Waals surface area contributed by atoms with Crippen LogP contribution in [0, 0.1) is 0 Å². The average molecular weight is 422 g/mol. The zero-order valence-electron chi connectivity index (χ0n) is 17.7. The summed E-state index contributed by atoms with van der Waals surface area (Å²) in [6, 6.07) is 14.3. The highest BCUT2D eigenvalue weighted by Crippen LogP contribution is 2.28. The van der Waals surface area contributed by atoms with Crippen molar-refractivity contribution in [3.05, 3.63) is 69.5 Å². The Morgan fingerprint density at radius 1 is 1.10 bits per heavy atom. The third-order valence-corrected chi connectivity index (χ3v) is 6.19. The van der Waals surface area contributed by atoms with Crippen molar-refractivity contribution in [3.8, 4) is 0 Å². The molecule has 2 aromatic heterocycles. The van der Waals surface area contributed by atoms with Crippen molar-refractivity contribution in [1.29, 1.82) is 0 Å². The van der Waals surface area contributed by atoms with E-state index in [4.69, 9.17) is 9.97 Å². The van der Waals surface area contributed by atoms with Crippen LogP contribution in [0.1, 0.15) is 21.7 Å². The third-order valence-electron chi connectivity index (χ3n) is 5.31. The van der Waals surface area contributed by atoms with Crippen LogP contribution >= 0.6 is 11.3 Å². The van der Waals surface area contributed by atoms with Crippen LogP contribution in [0.15, 0.2) is 47.8 Å². The fourth-order valence-corrected chi connectivity index (χ4v) is 4.44. The lowest BCUT2D eigenvalue weighted by Gasteiger charge is -2.32. The molecule has 0 bridgehead atoms. The molecule has 0 saturated heterocycles. The van der Waals surface area contributed by atoms with E-state index in [1.807, 2.05) is 66.7 Å². The van der Waals surface area contributed by atoms with Crippen LogP contribution in [0.4, 0.5) is 11.8 Å². The Morgan fingerprint density at radius 2 is 1.90 bits per heavy atom. The number of hydrogen-bond acceptors (Lipinski definition) is 6. The second kappa shape index (κ2) is 8.83. The highest BCUT2D eigenvalue weighted by Gasteiger charge is 2.27. The molecule has 0 fully saturated rings. The number of benzene rings is 1. The molecule has 6 nitrogen and oxygen atoms in total. The van der Waals surface area contributed by atoms with E-state index >= 15 is 0 Å². The maximum atomic E-state index is 12.8. The predicted octanol–water partition coefficient (Wildman–Crippen LogP) is 3.37. The molecule has 0 aliphatic carbocycles. The molecule has 1 aliphatic heterocycles. The van der Waals surface area contributed by atoms with E-state index in [2.05, 4.69) is 17.0 Å². The van der Waals surface area contributed by atoms with Crippen molar-refractivity contribution in [2.45, 2.75) is 25.9 Å². The molecule has 0 spiro atoms. The summed E-state index contributed by atoms with van der Waals surface area (Å²) in [6.07, 6.45) is 1.21. The van der Waals surface area contributed by atoms with Gasteiger partial charge in [-0.3, -0.25) is 4.79 Å². The van der Waals surface area contributed by atoms with Crippen LogP contribution in [0.5, 0.6) is 0 Å². The normalized spacial score (nSPS) is 13.1. The number of hydrogen-bond donors (Lipinski definition) is 0. The van der Waals surface area contributed by atoms with E-state index in [-0.39, 0.29) is 5.91 Å². The maximum absolute atomic E-state index is 12.8. The molecule has 156 valence electrons. The van der Waals surface area contributed by atoms with Crippen molar-refractivity contribution in [2.75, 3.05) is 37.5 Å². The predicted molar refractivity (Wildman–Crippen MR) is 122 cm³/mol. The lowest BCUT2D eigenvalue weighted by atomic mass is 10.1. The summed E-state index contributed by atoms with van der Waals surface area (Å²) in [5.41, 5.74) is 3.32. The molecule has 0 unspecified atom stereocenters. The minimum absolute atomic E-state index is 0.165. The topological polar surface area (TPSA) is 52.6 Å². The number of amides is 1. The molecule has 1 amide bonds. The van der Waals surface area contributed by atoms with Gasteiger partial charge in [-0.1, -0.05) is 36.4 Å². The number of fused-ring (bicyclic) bond motifs is 1. The number of aromatic nitrogens is 2. The minimum Gasteiger partial charge on any atom is -0.362 e. The van der Waals surface area contributed by atoms with Gasteiger partial charge >= 0.3 is 0 Å². The number of carbonyl (C=O) groups is 1. The van der Waals surface area contributed by atoms with Crippen LogP contribution in [0.2, 0.25) is 0 Å². The number of anilines is 2. The number of rotatable bonds is 6. The molecule has 0 radical (unpaired) electrons. The van der Waals surface area contributed by atoms with Gasteiger partial charge in [0.1, 0.15) is 5.82 Å². The third kappa shape index (κ3) is 4.46. The van der Waals surface area contributed by atoms with Crippen molar-refractivity contribution in [3.63, 3.8) is 0 Å². The first-order valence-corrected chi connectivity index (χ1v) is 11.0. The summed E-state index contributed by atoms with van der Waals surface area (Å²) in [5.74, 6) is 1.78. The molecule has 1 aliphatic rings. The molecule has 30 heavy (non-hydrogen) atoms. The van der Waals surface area contributed by atoms with Gasteiger partial charge in [-0.05, 0) is 17.0 Å². The van der Waals surface area contributed by atoms with E-state index in [1.165, 1.54) is 5.56 Å². The van der Waals surface area contributed by atoms with Gasteiger partial charge in [-0.2, -0.15) is 4.98 Å². The van der Waals surface area contributed by atoms with Gasteiger partial charge in [0.25, 0.3) is 0 Å². The van der Waals surface area contributed by atoms with E-state index in [9.17, 15) is 4.79 Å². The molecule has 0 N–H and O–H groups in total. The number of nitrogens with zero attached hydrogens (tertiary/aromatic N) is 5. The van der Waals surface area contributed by atoms with Crippen molar-refractivity contribution in [2.24, 2.45) is 0 Å². The first kappa shape index (κ1) is 20.3. The summed E-state index contributed by atoms with van der Waals surface area (Å²) in [5, 5.41) is 2.01. The van der Waals surface area contributed by atoms with Crippen LogP contribution in [0.25, 0.3) is 0 Å². The van der Waals surface area contributed by atoms with Gasteiger partial charge < -0.3 is 14.7 Å². The van der Waals surface area contributed by atoms with Crippen molar-refractivity contribution >= 4 is 29.0 Å². The van der Waals surface area contributed by atoms with Crippen molar-refractivity contribution in [1.82, 2.24) is 14.9 Å². The van der Waals surface area contributed by atoms with Gasteiger partial charge in [0, 0.05) is 51.1 Å². The fraction of sp³-hybridized carbons (Fsp3) is 0.348. The molecule has 3 aromatic rings. The number of thiophene rings is 1. The Bertz CT molecular complexity index is 1000. The van der Waals surface area contributed by atoms with E-state index in [1.54, 1.807) is 11.3 Å². The molecule has 4 rings (SSSR count). The van der Waals surface area contributed by atoms with Gasteiger partial charge in [-0.25, -0.2) is 4.98 Å². The second-order valence-corrected chi connectivity index (χ2v) is 8.86. The fourth-order valence-electron chi connectivity index (χ4n) is 3.74. The second-order valence-electron chi connectivity index (χ2n) is 7.83. The van der Waals surface area contributed by atoms with E-state index < -0.39 is 0 Å². The van der Waals surface area contributed by atoms with Gasteiger partial charge in [0.05, 0.1) is 18.7 Å². The Balaban J connectivity index is 1.56. The average Bonchev–Trinajstić information content (AvgIpc) is 3.26. The highest BCUT2D eigenvalue weighted by molar-refractivity contribution is 7.10. The lowest BCUT2D eigenvalue weighted by Crippen LogP contribution is -2.38. The van der Waals surface area contributed by atoms with Gasteiger partial charge in [0.15, 0.2) is 0 Å². The molecular formula is C23H27N5OS. The molecule has 3 heterocycles. The Kier molecular flexibility index (Phi) is 5.99. The number of carbonyl (C=O) groups excluding carboxylic acids is 1. The SMILES string of the molecule is CN(C)c1nc(N(C)Cc2ccccc2)nc2c1CN(C(=O)Cc1cccs1)CC2. The first-order valence-electron chi connectivity index (χ1n) is 10.1. The van der Waals surface area contributed by atoms with Crippen molar-refractivity contribution < 1.29 is 4.79 Å². The Hall–Kier alpha value is -2.93. The zero-order chi connectivity index (χ0) is 21.1. The largest absolute Gasteiger partial charge is 0.362 e. The molecule has 7 heteroatoms. The molecule has 1 aromatic carbocycles. The van der Waals surface area contributed by atoms with Crippen LogP contribution in [-0.4, -0.2) is 48.5 Å². The van der Waals surface area contributed by atoms with E-state index in [0.29, 0.717) is 19.5 Å². The Morgan fingerprint density at radius 3 is 2.60 bits per heavy atom. The molecule has 0 atom stereocenters. The summed E-state index contributed by atoms with van der Waals surface area (Å²) >= 11 is 1.63. The standard InChI is InChI=1S/C23H27N5OS/c1-26(2)22-19-16-28(21(29)14-18-10-7-13-30-18)12-11-20(19)24-23(25-22)27(3)15-17-8-5-4-6-9-17/h4-10,13H,11-12,14-16H2,1-3H3.